The third-order valence-electron chi connectivity index (χ3n) is 3.55. The Kier molecular flexibility index (Phi) is 4.80. The number of esters is 1. The first-order chi connectivity index (χ1) is 9.24. The third-order valence-corrected chi connectivity index (χ3v) is 3.55. The fraction of sp³-hybridized carbons (Fsp3) is 0.533. The molecule has 1 unspecified atom stereocenters. The highest BCUT2D eigenvalue weighted by Gasteiger charge is 2.19. The monoisotopic (exact) mass is 262 g/mol. The summed E-state index contributed by atoms with van der Waals surface area (Å²) in [4.78, 5) is 13.9. The number of carbonyl (C=O) groups is 1. The lowest BCUT2D eigenvalue weighted by Crippen LogP contribution is -2.45. The first-order valence-electron chi connectivity index (χ1n) is 6.91. The van der Waals surface area contributed by atoms with Crippen molar-refractivity contribution in [3.63, 3.8) is 0 Å². The van der Waals surface area contributed by atoms with Crippen LogP contribution in [-0.2, 0) is 4.74 Å². The van der Waals surface area contributed by atoms with Crippen LogP contribution in [0.1, 0.15) is 30.1 Å². The number of piperidine rings is 1. The maximum atomic E-state index is 11.6. The summed E-state index contributed by atoms with van der Waals surface area (Å²) in [5.41, 5.74) is 1.72. The minimum absolute atomic E-state index is 0.276. The van der Waals surface area contributed by atoms with Crippen LogP contribution in [0.25, 0.3) is 0 Å². The summed E-state index contributed by atoms with van der Waals surface area (Å²) >= 11 is 0. The first-order valence-corrected chi connectivity index (χ1v) is 6.91. The molecule has 0 bridgehead atoms. The van der Waals surface area contributed by atoms with Crippen molar-refractivity contribution in [2.75, 3.05) is 31.6 Å². The van der Waals surface area contributed by atoms with Gasteiger partial charge in [-0.1, -0.05) is 13.0 Å². The van der Waals surface area contributed by atoms with Gasteiger partial charge in [0.25, 0.3) is 0 Å². The number of methoxy groups -OCH3 is 1. The number of nitrogens with zero attached hydrogens (tertiary/aromatic N) is 1. The standard InChI is InChI=1S/C15H22N2O2/c1-3-16-13-7-5-9-17(11-13)14-8-4-6-12(10-14)15(18)19-2/h4,6,8,10,13,16H,3,5,7,9,11H2,1-2H3. The number of ether oxygens (including phenoxy) is 1. The summed E-state index contributed by atoms with van der Waals surface area (Å²) in [7, 11) is 1.41. The van der Waals surface area contributed by atoms with E-state index in [0.717, 1.165) is 25.3 Å². The van der Waals surface area contributed by atoms with Crippen LogP contribution in [-0.4, -0.2) is 38.8 Å². The summed E-state index contributed by atoms with van der Waals surface area (Å²) in [5, 5.41) is 3.50. The minimum Gasteiger partial charge on any atom is -0.465 e. The van der Waals surface area contributed by atoms with Gasteiger partial charge in [0, 0.05) is 24.8 Å². The van der Waals surface area contributed by atoms with Crippen LogP contribution in [0.2, 0.25) is 0 Å². The van der Waals surface area contributed by atoms with Crippen molar-refractivity contribution >= 4 is 11.7 Å². The summed E-state index contributed by atoms with van der Waals surface area (Å²) in [6.07, 6.45) is 2.40. The van der Waals surface area contributed by atoms with Gasteiger partial charge in [-0.3, -0.25) is 0 Å². The number of nitrogens with one attached hydrogen (secondary N) is 1. The van der Waals surface area contributed by atoms with Crippen molar-refractivity contribution in [3.8, 4) is 0 Å². The molecule has 1 aliphatic rings. The largest absolute Gasteiger partial charge is 0.465 e. The second-order valence-corrected chi connectivity index (χ2v) is 4.88. The van der Waals surface area contributed by atoms with Crippen LogP contribution >= 0.6 is 0 Å². The molecule has 0 spiro atoms. The average molecular weight is 262 g/mol. The van der Waals surface area contributed by atoms with Crippen LogP contribution in [0.5, 0.6) is 0 Å². The van der Waals surface area contributed by atoms with Gasteiger partial charge >= 0.3 is 5.97 Å². The molecule has 1 atom stereocenters. The molecule has 19 heavy (non-hydrogen) atoms. The Morgan fingerprint density at radius 2 is 2.37 bits per heavy atom. The van der Waals surface area contributed by atoms with Crippen molar-refractivity contribution < 1.29 is 9.53 Å². The highest BCUT2D eigenvalue weighted by molar-refractivity contribution is 5.90. The van der Waals surface area contributed by atoms with Crippen LogP contribution in [0.4, 0.5) is 5.69 Å². The topological polar surface area (TPSA) is 41.6 Å². The van der Waals surface area contributed by atoms with Gasteiger partial charge in [-0.15, -0.1) is 0 Å². The van der Waals surface area contributed by atoms with Gasteiger partial charge in [-0.05, 0) is 37.6 Å². The van der Waals surface area contributed by atoms with E-state index in [0.29, 0.717) is 11.6 Å². The Morgan fingerprint density at radius 1 is 1.53 bits per heavy atom. The van der Waals surface area contributed by atoms with E-state index >= 15 is 0 Å². The first kappa shape index (κ1) is 13.9. The van der Waals surface area contributed by atoms with Crippen molar-refractivity contribution in [1.82, 2.24) is 5.32 Å². The zero-order valence-corrected chi connectivity index (χ0v) is 11.7. The molecular weight excluding hydrogens is 240 g/mol. The summed E-state index contributed by atoms with van der Waals surface area (Å²) < 4.78 is 4.77. The molecule has 1 aromatic rings. The van der Waals surface area contributed by atoms with Gasteiger partial charge in [0.05, 0.1) is 12.7 Å². The SMILES string of the molecule is CCNC1CCCN(c2cccc(C(=O)OC)c2)C1. The maximum absolute atomic E-state index is 11.6. The van der Waals surface area contributed by atoms with Gasteiger partial charge in [0.15, 0.2) is 0 Å². The molecule has 4 heteroatoms. The van der Waals surface area contributed by atoms with Crippen LogP contribution in [0.15, 0.2) is 24.3 Å². The van der Waals surface area contributed by atoms with E-state index in [1.54, 1.807) is 6.07 Å². The van der Waals surface area contributed by atoms with E-state index in [1.807, 2.05) is 12.1 Å². The Morgan fingerprint density at radius 3 is 3.11 bits per heavy atom. The van der Waals surface area contributed by atoms with Crippen LogP contribution in [0.3, 0.4) is 0 Å². The van der Waals surface area contributed by atoms with E-state index in [4.69, 9.17) is 4.74 Å². The third kappa shape index (κ3) is 3.47. The average Bonchev–Trinajstić information content (AvgIpc) is 2.47. The van der Waals surface area contributed by atoms with Crippen LogP contribution in [0, 0.1) is 0 Å². The van der Waals surface area contributed by atoms with Crippen molar-refractivity contribution in [2.45, 2.75) is 25.8 Å². The molecular formula is C15H22N2O2. The van der Waals surface area contributed by atoms with E-state index in [9.17, 15) is 4.79 Å². The molecule has 1 saturated heterocycles. The number of rotatable bonds is 4. The van der Waals surface area contributed by atoms with Gasteiger partial charge in [0.2, 0.25) is 0 Å². The zero-order chi connectivity index (χ0) is 13.7. The minimum atomic E-state index is -0.276. The number of benzene rings is 1. The predicted molar refractivity (Wildman–Crippen MR) is 76.7 cm³/mol. The molecule has 0 aliphatic carbocycles. The smallest absolute Gasteiger partial charge is 0.337 e. The van der Waals surface area contributed by atoms with Gasteiger partial charge in [-0.25, -0.2) is 4.79 Å². The highest BCUT2D eigenvalue weighted by Crippen LogP contribution is 2.21. The lowest BCUT2D eigenvalue weighted by atomic mass is 10.0. The second kappa shape index (κ2) is 6.57. The molecule has 1 N–H and O–H groups in total. The maximum Gasteiger partial charge on any atom is 0.337 e. The molecule has 1 aliphatic heterocycles. The molecule has 0 aromatic heterocycles. The quantitative estimate of drug-likeness (QED) is 0.843. The molecule has 1 fully saturated rings. The fourth-order valence-electron chi connectivity index (χ4n) is 2.61. The normalized spacial score (nSPS) is 19.3. The number of hydrogen-bond donors (Lipinski definition) is 1. The summed E-state index contributed by atoms with van der Waals surface area (Å²) in [6, 6.07) is 8.22. The second-order valence-electron chi connectivity index (χ2n) is 4.88. The molecule has 0 radical (unpaired) electrons. The van der Waals surface area contributed by atoms with Gasteiger partial charge < -0.3 is 15.0 Å². The lowest BCUT2D eigenvalue weighted by Gasteiger charge is -2.35. The molecule has 104 valence electrons. The van der Waals surface area contributed by atoms with Crippen molar-refractivity contribution in [3.05, 3.63) is 29.8 Å². The van der Waals surface area contributed by atoms with Gasteiger partial charge in [0.1, 0.15) is 0 Å². The number of carbonyl (C=O) groups excluding carboxylic acids is 1. The summed E-state index contributed by atoms with van der Waals surface area (Å²) in [6.45, 7) is 5.18. The molecule has 4 nitrogen and oxygen atoms in total. The summed E-state index contributed by atoms with van der Waals surface area (Å²) in [5.74, 6) is -0.276. The molecule has 1 aromatic carbocycles. The fourth-order valence-corrected chi connectivity index (χ4v) is 2.61. The molecule has 1 heterocycles. The van der Waals surface area contributed by atoms with Crippen molar-refractivity contribution in [2.24, 2.45) is 0 Å². The van der Waals surface area contributed by atoms with E-state index < -0.39 is 0 Å². The Bertz CT molecular complexity index is 432. The lowest BCUT2D eigenvalue weighted by molar-refractivity contribution is 0.0601. The number of anilines is 1. The Balaban J connectivity index is 2.10. The van der Waals surface area contributed by atoms with E-state index in [2.05, 4.69) is 23.2 Å². The van der Waals surface area contributed by atoms with Crippen LogP contribution < -0.4 is 10.2 Å². The van der Waals surface area contributed by atoms with E-state index in [-0.39, 0.29) is 5.97 Å². The molecule has 0 saturated carbocycles. The predicted octanol–water partition coefficient (Wildman–Crippen LogP) is 2.05. The Hall–Kier alpha value is -1.55. The number of likely N-dealkylation sites (N-methyl/N-ethyl adjacent to an activating group) is 1. The van der Waals surface area contributed by atoms with Crippen molar-refractivity contribution in [1.29, 1.82) is 0 Å². The molecule has 2 rings (SSSR count). The van der Waals surface area contributed by atoms with Gasteiger partial charge in [-0.2, -0.15) is 0 Å². The zero-order valence-electron chi connectivity index (χ0n) is 11.7. The highest BCUT2D eigenvalue weighted by atomic mass is 16.5. The van der Waals surface area contributed by atoms with E-state index in [1.165, 1.54) is 20.0 Å². The molecule has 0 amide bonds. The Labute approximate surface area is 114 Å². The number of hydrogen-bond acceptors (Lipinski definition) is 4.